The molecule has 0 saturated heterocycles. The van der Waals surface area contributed by atoms with E-state index in [1.165, 1.54) is 18.9 Å². The van der Waals surface area contributed by atoms with E-state index in [2.05, 4.69) is 28.2 Å². The molecule has 0 spiro atoms. The van der Waals surface area contributed by atoms with Gasteiger partial charge in [0.1, 0.15) is 5.82 Å². The average Bonchev–Trinajstić information content (AvgIpc) is 2.46. The Hall–Kier alpha value is -0.900. The highest BCUT2D eigenvalue weighted by atomic mass is 79.9. The van der Waals surface area contributed by atoms with Crippen molar-refractivity contribution in [2.45, 2.75) is 50.3 Å². The van der Waals surface area contributed by atoms with E-state index in [0.717, 1.165) is 29.9 Å². The molecule has 2 aliphatic rings. The van der Waals surface area contributed by atoms with E-state index in [4.69, 9.17) is 0 Å². The Morgan fingerprint density at radius 3 is 2.67 bits per heavy atom. The molecule has 1 N–H and O–H groups in total. The molecule has 3 rings (SSSR count). The first-order valence-electron chi connectivity index (χ1n) is 7.81. The molecule has 0 radical (unpaired) electrons. The summed E-state index contributed by atoms with van der Waals surface area (Å²) in [5, 5.41) is 2.76. The summed E-state index contributed by atoms with van der Waals surface area (Å²) in [5.74, 6) is 1.07. The maximum atomic E-state index is 14.4. The van der Waals surface area contributed by atoms with Crippen molar-refractivity contribution in [3.05, 3.63) is 29.1 Å². The van der Waals surface area contributed by atoms with E-state index >= 15 is 0 Å². The van der Waals surface area contributed by atoms with Crippen LogP contribution < -0.4 is 5.32 Å². The average molecular weight is 354 g/mol. The lowest BCUT2D eigenvalue weighted by Gasteiger charge is -2.30. The molecule has 0 bridgehead atoms. The first kappa shape index (κ1) is 15.0. The number of fused-ring (bicyclic) bond motifs is 1. The number of nitrogens with one attached hydrogen (secondary N) is 1. The SMILES string of the molecule is CC1CCC(C(Br)c2cc3c(cc2F)NC(=O)CC3)CC1. The lowest BCUT2D eigenvalue weighted by Crippen LogP contribution is -2.21. The summed E-state index contributed by atoms with van der Waals surface area (Å²) in [6.07, 6.45) is 5.97. The number of hydrogen-bond acceptors (Lipinski definition) is 1. The number of carbonyl (C=O) groups is 1. The van der Waals surface area contributed by atoms with Gasteiger partial charge in [-0.15, -0.1) is 0 Å². The molecule has 1 aromatic carbocycles. The molecule has 1 saturated carbocycles. The standard InChI is InChI=1S/C17H21BrFNO/c1-10-2-4-11(5-3-10)17(18)13-8-12-6-7-16(21)20-15(12)9-14(13)19/h8-11,17H,2-7H2,1H3,(H,20,21). The highest BCUT2D eigenvalue weighted by Crippen LogP contribution is 2.43. The van der Waals surface area contributed by atoms with Crippen LogP contribution in [-0.4, -0.2) is 5.91 Å². The second kappa shape index (κ2) is 6.07. The van der Waals surface area contributed by atoms with Gasteiger partial charge in [0.15, 0.2) is 0 Å². The monoisotopic (exact) mass is 353 g/mol. The number of amides is 1. The largest absolute Gasteiger partial charge is 0.326 e. The summed E-state index contributed by atoms with van der Waals surface area (Å²) in [7, 11) is 0. The molecule has 114 valence electrons. The molecule has 4 heteroatoms. The van der Waals surface area contributed by atoms with Crippen molar-refractivity contribution >= 4 is 27.5 Å². The van der Waals surface area contributed by atoms with Crippen molar-refractivity contribution in [1.82, 2.24) is 0 Å². The van der Waals surface area contributed by atoms with Crippen LogP contribution in [0.2, 0.25) is 0 Å². The smallest absolute Gasteiger partial charge is 0.224 e. The number of carbonyl (C=O) groups excluding carboxylic acids is 1. The van der Waals surface area contributed by atoms with Crippen LogP contribution >= 0.6 is 15.9 Å². The highest BCUT2D eigenvalue weighted by molar-refractivity contribution is 9.09. The molecular weight excluding hydrogens is 333 g/mol. The fourth-order valence-electron chi connectivity index (χ4n) is 3.47. The van der Waals surface area contributed by atoms with Crippen LogP contribution in [0.15, 0.2) is 12.1 Å². The Kier molecular flexibility index (Phi) is 4.34. The van der Waals surface area contributed by atoms with Crippen molar-refractivity contribution in [2.24, 2.45) is 11.8 Å². The Balaban J connectivity index is 1.83. The van der Waals surface area contributed by atoms with Gasteiger partial charge in [0, 0.05) is 22.5 Å². The molecule has 21 heavy (non-hydrogen) atoms. The topological polar surface area (TPSA) is 29.1 Å². The molecule has 1 heterocycles. The molecular formula is C17H21BrFNO. The predicted octanol–water partition coefficient (Wildman–Crippen LogP) is 4.97. The third-order valence-corrected chi connectivity index (χ3v) is 6.13. The lowest BCUT2D eigenvalue weighted by molar-refractivity contribution is -0.116. The third kappa shape index (κ3) is 3.15. The fraction of sp³-hybridized carbons (Fsp3) is 0.588. The lowest BCUT2D eigenvalue weighted by atomic mass is 9.79. The van der Waals surface area contributed by atoms with Crippen LogP contribution in [-0.2, 0) is 11.2 Å². The van der Waals surface area contributed by atoms with Crippen LogP contribution in [0.5, 0.6) is 0 Å². The normalized spacial score (nSPS) is 26.9. The van der Waals surface area contributed by atoms with Gasteiger partial charge in [0.2, 0.25) is 5.91 Å². The van der Waals surface area contributed by atoms with Crippen LogP contribution in [0.25, 0.3) is 0 Å². The predicted molar refractivity (Wildman–Crippen MR) is 86.1 cm³/mol. The Morgan fingerprint density at radius 1 is 1.24 bits per heavy atom. The van der Waals surface area contributed by atoms with Crippen molar-refractivity contribution < 1.29 is 9.18 Å². The summed E-state index contributed by atoms with van der Waals surface area (Å²) in [5.41, 5.74) is 2.45. The fourth-order valence-corrected chi connectivity index (χ4v) is 4.34. The Bertz CT molecular complexity index is 552. The van der Waals surface area contributed by atoms with Gasteiger partial charge < -0.3 is 5.32 Å². The van der Waals surface area contributed by atoms with Gasteiger partial charge in [-0.3, -0.25) is 4.79 Å². The van der Waals surface area contributed by atoms with E-state index in [-0.39, 0.29) is 16.6 Å². The number of anilines is 1. The quantitative estimate of drug-likeness (QED) is 0.747. The third-order valence-electron chi connectivity index (χ3n) is 4.89. The summed E-state index contributed by atoms with van der Waals surface area (Å²) >= 11 is 3.73. The number of benzene rings is 1. The number of aryl methyl sites for hydroxylation is 1. The second-order valence-electron chi connectivity index (χ2n) is 6.50. The summed E-state index contributed by atoms with van der Waals surface area (Å²) in [6.45, 7) is 2.29. The molecule has 1 fully saturated rings. The molecule has 1 aromatic rings. The Morgan fingerprint density at radius 2 is 1.95 bits per heavy atom. The molecule has 2 nitrogen and oxygen atoms in total. The van der Waals surface area contributed by atoms with Crippen LogP contribution in [0.1, 0.15) is 55.0 Å². The van der Waals surface area contributed by atoms with Gasteiger partial charge >= 0.3 is 0 Å². The zero-order valence-electron chi connectivity index (χ0n) is 12.3. The molecule has 1 amide bonds. The first-order chi connectivity index (χ1) is 10.0. The maximum Gasteiger partial charge on any atom is 0.224 e. The van der Waals surface area contributed by atoms with Crippen molar-refractivity contribution in [3.8, 4) is 0 Å². The number of rotatable bonds is 2. The minimum atomic E-state index is -0.212. The van der Waals surface area contributed by atoms with Crippen molar-refractivity contribution in [2.75, 3.05) is 5.32 Å². The van der Waals surface area contributed by atoms with Crippen molar-refractivity contribution in [1.29, 1.82) is 0 Å². The van der Waals surface area contributed by atoms with Gasteiger partial charge in [-0.1, -0.05) is 35.7 Å². The summed E-state index contributed by atoms with van der Waals surface area (Å²) in [4.78, 5) is 11.5. The minimum absolute atomic E-state index is 0.0219. The minimum Gasteiger partial charge on any atom is -0.326 e. The van der Waals surface area contributed by atoms with Gasteiger partial charge in [0.05, 0.1) is 0 Å². The molecule has 0 aromatic heterocycles. The molecule has 1 atom stereocenters. The maximum absolute atomic E-state index is 14.4. The van der Waals surface area contributed by atoms with Crippen LogP contribution in [0.3, 0.4) is 0 Å². The van der Waals surface area contributed by atoms with Crippen LogP contribution in [0.4, 0.5) is 10.1 Å². The first-order valence-corrected chi connectivity index (χ1v) is 8.72. The van der Waals surface area contributed by atoms with Gasteiger partial charge in [-0.05, 0) is 48.8 Å². The number of alkyl halides is 1. The van der Waals surface area contributed by atoms with E-state index in [1.54, 1.807) is 0 Å². The van der Waals surface area contributed by atoms with Gasteiger partial charge in [0.25, 0.3) is 0 Å². The zero-order valence-corrected chi connectivity index (χ0v) is 13.9. The van der Waals surface area contributed by atoms with E-state index in [0.29, 0.717) is 24.4 Å². The molecule has 1 aliphatic carbocycles. The number of halogens is 2. The summed E-state index contributed by atoms with van der Waals surface area (Å²) in [6, 6.07) is 3.43. The van der Waals surface area contributed by atoms with E-state index in [1.807, 2.05) is 6.07 Å². The van der Waals surface area contributed by atoms with Gasteiger partial charge in [-0.25, -0.2) is 4.39 Å². The van der Waals surface area contributed by atoms with Gasteiger partial charge in [-0.2, -0.15) is 0 Å². The van der Waals surface area contributed by atoms with E-state index < -0.39 is 0 Å². The Labute approximate surface area is 133 Å². The van der Waals surface area contributed by atoms with Crippen molar-refractivity contribution in [3.63, 3.8) is 0 Å². The molecule has 1 unspecified atom stereocenters. The molecule has 1 aliphatic heterocycles. The second-order valence-corrected chi connectivity index (χ2v) is 7.49. The van der Waals surface area contributed by atoms with E-state index in [9.17, 15) is 9.18 Å². The zero-order chi connectivity index (χ0) is 15.0. The van der Waals surface area contributed by atoms with Crippen LogP contribution in [0, 0.1) is 17.7 Å². The summed E-state index contributed by atoms with van der Waals surface area (Å²) < 4.78 is 14.4. The number of hydrogen-bond donors (Lipinski definition) is 1. The highest BCUT2D eigenvalue weighted by Gasteiger charge is 2.28.